The number of para-hydroxylation sites is 3. The van der Waals surface area contributed by atoms with Gasteiger partial charge in [0.1, 0.15) is 29.0 Å². The highest BCUT2D eigenvalue weighted by Gasteiger charge is 2.42. The quantitative estimate of drug-likeness (QED) is 0.176. The molecular formula is C51H38N4O2. The molecule has 8 aromatic rings. The normalized spacial score (nSPS) is 19.6. The largest absolute Gasteiger partial charge is 0.487 e. The molecule has 6 heteroatoms. The first-order valence-corrected chi connectivity index (χ1v) is 20.2. The molecule has 3 aliphatic carbocycles. The first kappa shape index (κ1) is 32.5. The number of hydrogen-bond donors (Lipinski definition) is 0. The van der Waals surface area contributed by atoms with Crippen LogP contribution in [0.3, 0.4) is 0 Å². The lowest BCUT2D eigenvalue weighted by Gasteiger charge is -2.26. The van der Waals surface area contributed by atoms with E-state index in [1.807, 2.05) is 6.07 Å². The van der Waals surface area contributed by atoms with Crippen molar-refractivity contribution in [2.75, 3.05) is 0 Å². The van der Waals surface area contributed by atoms with E-state index in [0.717, 1.165) is 88.7 Å². The second-order valence-electron chi connectivity index (χ2n) is 15.6. The monoisotopic (exact) mass is 738 g/mol. The number of furan rings is 1. The molecule has 0 saturated heterocycles. The van der Waals surface area contributed by atoms with Crippen LogP contribution in [0.15, 0.2) is 156 Å². The van der Waals surface area contributed by atoms with Crippen LogP contribution in [0, 0.1) is 0 Å². The van der Waals surface area contributed by atoms with Crippen molar-refractivity contribution in [3.8, 4) is 22.6 Å². The Morgan fingerprint density at radius 1 is 0.667 bits per heavy atom. The van der Waals surface area contributed by atoms with Gasteiger partial charge in [-0.3, -0.25) is 0 Å². The molecule has 3 unspecified atom stereocenters. The maximum absolute atomic E-state index is 7.10. The lowest BCUT2D eigenvalue weighted by molar-refractivity contribution is 0.207. The molecule has 6 nitrogen and oxygen atoms in total. The van der Waals surface area contributed by atoms with Crippen LogP contribution in [-0.4, -0.2) is 25.6 Å². The van der Waals surface area contributed by atoms with Gasteiger partial charge in [-0.05, 0) is 73.6 Å². The predicted octanol–water partition coefficient (Wildman–Crippen LogP) is 12.1. The minimum Gasteiger partial charge on any atom is -0.487 e. The average Bonchev–Trinajstić information content (AvgIpc) is 3.96. The highest BCUT2D eigenvalue weighted by atomic mass is 16.5. The van der Waals surface area contributed by atoms with E-state index in [4.69, 9.17) is 24.1 Å². The summed E-state index contributed by atoms with van der Waals surface area (Å²) in [5, 5.41) is 3.61. The van der Waals surface area contributed by atoms with Gasteiger partial charge in [0.2, 0.25) is 0 Å². The number of aromatic nitrogens is 4. The summed E-state index contributed by atoms with van der Waals surface area (Å²) in [5.41, 5.74) is 11.2. The van der Waals surface area contributed by atoms with E-state index in [0.29, 0.717) is 5.82 Å². The molecule has 3 atom stereocenters. The SMILES string of the molecule is C1=CCC(c2nc(C3=CCCc4c3oc3ccccc43)nc(C3=CCCC4Oc5c(cccc5-n5c6ccccc6c6cc(-c7ccccc7)ccc65)C34)n2)C=C1. The molecule has 3 aromatic heterocycles. The van der Waals surface area contributed by atoms with E-state index < -0.39 is 0 Å². The zero-order chi connectivity index (χ0) is 37.5. The van der Waals surface area contributed by atoms with Gasteiger partial charge in [-0.1, -0.05) is 121 Å². The van der Waals surface area contributed by atoms with Gasteiger partial charge in [0.05, 0.1) is 28.2 Å². The second kappa shape index (κ2) is 12.9. The van der Waals surface area contributed by atoms with E-state index in [-0.39, 0.29) is 17.9 Å². The number of allylic oxidation sites excluding steroid dienone is 6. The molecule has 12 rings (SSSR count). The molecule has 274 valence electrons. The van der Waals surface area contributed by atoms with Gasteiger partial charge in [-0.25, -0.2) is 15.0 Å². The van der Waals surface area contributed by atoms with Gasteiger partial charge in [-0.2, -0.15) is 0 Å². The van der Waals surface area contributed by atoms with Crippen molar-refractivity contribution in [3.63, 3.8) is 0 Å². The van der Waals surface area contributed by atoms with E-state index in [1.54, 1.807) is 0 Å². The Balaban J connectivity index is 0.996. The van der Waals surface area contributed by atoms with Crippen molar-refractivity contribution < 1.29 is 9.15 Å². The summed E-state index contributed by atoms with van der Waals surface area (Å²) in [6.07, 6.45) is 17.7. The highest BCUT2D eigenvalue weighted by molar-refractivity contribution is 6.10. The van der Waals surface area contributed by atoms with Crippen LogP contribution in [0.4, 0.5) is 0 Å². The molecule has 57 heavy (non-hydrogen) atoms. The Labute approximate surface area is 330 Å². The van der Waals surface area contributed by atoms with Crippen LogP contribution in [0.25, 0.3) is 60.7 Å². The van der Waals surface area contributed by atoms with E-state index in [1.165, 1.54) is 38.4 Å². The second-order valence-corrected chi connectivity index (χ2v) is 15.6. The first-order chi connectivity index (χ1) is 28.3. The predicted molar refractivity (Wildman–Crippen MR) is 228 cm³/mol. The number of hydrogen-bond acceptors (Lipinski definition) is 5. The molecule has 4 aliphatic rings. The van der Waals surface area contributed by atoms with Gasteiger partial charge in [0.25, 0.3) is 0 Å². The summed E-state index contributed by atoms with van der Waals surface area (Å²) in [6, 6.07) is 41.1. The van der Waals surface area contributed by atoms with Crippen LogP contribution < -0.4 is 4.74 Å². The maximum atomic E-state index is 7.10. The van der Waals surface area contributed by atoms with Gasteiger partial charge in [0.15, 0.2) is 11.6 Å². The molecule has 0 radical (unpaired) electrons. The Kier molecular flexibility index (Phi) is 7.34. The summed E-state index contributed by atoms with van der Waals surface area (Å²) >= 11 is 0. The summed E-state index contributed by atoms with van der Waals surface area (Å²) in [4.78, 5) is 15.9. The van der Waals surface area contributed by atoms with Crippen molar-refractivity contribution in [1.82, 2.24) is 19.5 Å². The third-order valence-electron chi connectivity index (χ3n) is 12.3. The Bertz CT molecular complexity index is 3050. The Hall–Kier alpha value is -6.79. The third kappa shape index (κ3) is 5.13. The molecule has 0 saturated carbocycles. The summed E-state index contributed by atoms with van der Waals surface area (Å²) in [7, 11) is 0. The fourth-order valence-corrected chi connectivity index (χ4v) is 9.70. The Morgan fingerprint density at radius 3 is 2.42 bits per heavy atom. The number of aryl methyl sites for hydroxylation is 1. The number of fused-ring (bicyclic) bond motifs is 9. The summed E-state index contributed by atoms with van der Waals surface area (Å²) in [5.74, 6) is 4.05. The van der Waals surface area contributed by atoms with Crippen molar-refractivity contribution in [2.24, 2.45) is 0 Å². The Morgan fingerprint density at radius 2 is 1.51 bits per heavy atom. The van der Waals surface area contributed by atoms with Crippen molar-refractivity contribution >= 4 is 43.9 Å². The van der Waals surface area contributed by atoms with Crippen molar-refractivity contribution in [1.29, 1.82) is 0 Å². The smallest absolute Gasteiger partial charge is 0.167 e. The molecule has 0 amide bonds. The zero-order valence-electron chi connectivity index (χ0n) is 31.3. The van der Waals surface area contributed by atoms with Crippen molar-refractivity contribution in [2.45, 2.75) is 50.0 Å². The van der Waals surface area contributed by atoms with Crippen LogP contribution in [0.1, 0.15) is 71.9 Å². The van der Waals surface area contributed by atoms with Crippen LogP contribution in [0.5, 0.6) is 5.75 Å². The van der Waals surface area contributed by atoms with Gasteiger partial charge < -0.3 is 13.7 Å². The number of nitrogens with zero attached hydrogens (tertiary/aromatic N) is 4. The zero-order valence-corrected chi connectivity index (χ0v) is 31.3. The fraction of sp³-hybridized carbons (Fsp3) is 0.157. The van der Waals surface area contributed by atoms with E-state index >= 15 is 0 Å². The molecule has 0 bridgehead atoms. The van der Waals surface area contributed by atoms with Crippen LogP contribution >= 0.6 is 0 Å². The average molecular weight is 739 g/mol. The van der Waals surface area contributed by atoms with Gasteiger partial charge >= 0.3 is 0 Å². The molecule has 0 spiro atoms. The molecule has 5 aromatic carbocycles. The molecular weight excluding hydrogens is 701 g/mol. The number of rotatable bonds is 5. The van der Waals surface area contributed by atoms with Crippen LogP contribution in [0.2, 0.25) is 0 Å². The topological polar surface area (TPSA) is 66.0 Å². The lowest BCUT2D eigenvalue weighted by Crippen LogP contribution is -2.24. The standard InChI is InChI=1S/C51H38N4O2/c1-3-14-31(15-4-1)33-28-29-42-40(30-33)34-18-7-9-24-41(34)55(42)43-25-12-21-37-46-38(22-13-27-45(46)57-48(37)43)50-52-49(32-16-5-2-6-17-32)53-51(54-50)39-23-11-20-36-35-19-8-10-26-44(35)56-47(36)39/h1-10,12,14-16,18-19,21-26,28-30,32,45-46H,11,13,17,20,27H2. The van der Waals surface area contributed by atoms with Gasteiger partial charge in [-0.15, -0.1) is 0 Å². The highest BCUT2D eigenvalue weighted by Crippen LogP contribution is 2.52. The number of ether oxygens (including phenoxy) is 1. The summed E-state index contributed by atoms with van der Waals surface area (Å²) < 4.78 is 16.0. The molecule has 0 fully saturated rings. The third-order valence-corrected chi connectivity index (χ3v) is 12.3. The first-order valence-electron chi connectivity index (χ1n) is 20.2. The number of benzene rings is 5. The van der Waals surface area contributed by atoms with E-state index in [9.17, 15) is 0 Å². The van der Waals surface area contributed by atoms with Gasteiger partial charge in [0, 0.05) is 38.8 Å². The van der Waals surface area contributed by atoms with Crippen molar-refractivity contribution in [3.05, 3.63) is 186 Å². The molecule has 1 aliphatic heterocycles. The van der Waals surface area contributed by atoms with E-state index in [2.05, 4.69) is 150 Å². The molecule has 0 N–H and O–H groups in total. The lowest BCUT2D eigenvalue weighted by atomic mass is 9.81. The minimum atomic E-state index is -0.0315. The molecule has 4 heterocycles. The van der Waals surface area contributed by atoms with Crippen LogP contribution in [-0.2, 0) is 6.42 Å². The summed E-state index contributed by atoms with van der Waals surface area (Å²) in [6.45, 7) is 0. The minimum absolute atomic E-state index is 0.0153. The maximum Gasteiger partial charge on any atom is 0.167 e. The fourth-order valence-electron chi connectivity index (χ4n) is 9.70.